The Labute approximate surface area is 176 Å². The molecule has 154 valence electrons. The first kappa shape index (κ1) is 22.9. The van der Waals surface area contributed by atoms with Crippen LogP contribution >= 0.6 is 34.8 Å². The van der Waals surface area contributed by atoms with Crippen LogP contribution in [0.3, 0.4) is 0 Å². The molecule has 11 heteroatoms. The predicted octanol–water partition coefficient (Wildman–Crippen LogP) is 5.14. The molecular weight excluding hydrogens is 438 g/mol. The first-order valence-corrected chi connectivity index (χ1v) is 9.65. The van der Waals surface area contributed by atoms with Crippen LogP contribution in [0.4, 0.5) is 19.1 Å². The van der Waals surface area contributed by atoms with E-state index in [9.17, 15) is 13.2 Å². The molecule has 2 aromatic rings. The summed E-state index contributed by atoms with van der Waals surface area (Å²) in [6.45, 7) is 7.07. The molecule has 0 radical (unpaired) electrons. The minimum Gasteiger partial charge on any atom is -0.353 e. The minimum absolute atomic E-state index is 0.0206. The van der Waals surface area contributed by atoms with Crippen LogP contribution in [0, 0.1) is 0 Å². The number of hydrogen-bond donors (Lipinski definition) is 1. The summed E-state index contributed by atoms with van der Waals surface area (Å²) in [5.41, 5.74) is -0.684. The van der Waals surface area contributed by atoms with Crippen molar-refractivity contribution in [2.75, 3.05) is 31.5 Å². The van der Waals surface area contributed by atoms with Crippen molar-refractivity contribution in [2.45, 2.75) is 23.8 Å². The lowest BCUT2D eigenvalue weighted by atomic mass is 10.1. The standard InChI is InChI=1S/C17H19Cl3F3N5/c1-3-28(4-2)9-8-24-15-26-13(25-14(27-15)16(18,19)20)11-6-5-7-12(10-11)17(21,22)23/h5-7,10H,3-4,8-9H2,1-2H3,(H,24,25,26,27). The topological polar surface area (TPSA) is 53.9 Å². The normalized spacial score (nSPS) is 12.5. The fourth-order valence-corrected chi connectivity index (χ4v) is 2.66. The average molecular weight is 457 g/mol. The van der Waals surface area contributed by atoms with Gasteiger partial charge in [0, 0.05) is 18.7 Å². The van der Waals surface area contributed by atoms with Crippen molar-refractivity contribution < 1.29 is 13.2 Å². The number of alkyl halides is 6. The quantitative estimate of drug-likeness (QED) is 0.585. The van der Waals surface area contributed by atoms with E-state index < -0.39 is 15.5 Å². The molecule has 0 spiro atoms. The molecule has 0 fully saturated rings. The summed E-state index contributed by atoms with van der Waals surface area (Å²) in [5, 5.41) is 3.01. The van der Waals surface area contributed by atoms with Gasteiger partial charge in [-0.15, -0.1) is 0 Å². The summed E-state index contributed by atoms with van der Waals surface area (Å²) >= 11 is 17.7. The zero-order chi connectivity index (χ0) is 20.9. The number of rotatable bonds is 7. The summed E-state index contributed by atoms with van der Waals surface area (Å²) < 4.78 is 37.1. The van der Waals surface area contributed by atoms with Gasteiger partial charge in [0.15, 0.2) is 11.6 Å². The minimum atomic E-state index is -4.49. The zero-order valence-electron chi connectivity index (χ0n) is 15.2. The number of halogens is 6. The van der Waals surface area contributed by atoms with Crippen molar-refractivity contribution in [2.24, 2.45) is 0 Å². The van der Waals surface area contributed by atoms with E-state index in [2.05, 4.69) is 25.2 Å². The molecule has 0 saturated heterocycles. The summed E-state index contributed by atoms with van der Waals surface area (Å²) in [4.78, 5) is 14.5. The van der Waals surface area contributed by atoms with E-state index in [0.29, 0.717) is 6.54 Å². The molecule has 1 N–H and O–H groups in total. The Morgan fingerprint density at radius 1 is 1.04 bits per heavy atom. The van der Waals surface area contributed by atoms with Gasteiger partial charge in [0.2, 0.25) is 9.74 Å². The predicted molar refractivity (Wildman–Crippen MR) is 106 cm³/mol. The van der Waals surface area contributed by atoms with E-state index in [-0.39, 0.29) is 23.2 Å². The van der Waals surface area contributed by atoms with Gasteiger partial charge in [0.05, 0.1) is 5.56 Å². The van der Waals surface area contributed by atoms with E-state index in [1.54, 1.807) is 0 Å². The Kier molecular flexibility index (Phi) is 7.73. The molecule has 1 heterocycles. The Morgan fingerprint density at radius 3 is 2.29 bits per heavy atom. The molecule has 0 atom stereocenters. The monoisotopic (exact) mass is 455 g/mol. The number of anilines is 1. The van der Waals surface area contributed by atoms with Crippen LogP contribution in [0.15, 0.2) is 24.3 Å². The Bertz CT molecular complexity index is 792. The van der Waals surface area contributed by atoms with Crippen molar-refractivity contribution in [3.63, 3.8) is 0 Å². The summed E-state index contributed by atoms with van der Waals surface area (Å²) in [7, 11) is 0. The molecular formula is C17H19Cl3F3N5. The molecule has 1 aromatic heterocycles. The van der Waals surface area contributed by atoms with Crippen LogP contribution in [0.5, 0.6) is 0 Å². The van der Waals surface area contributed by atoms with Gasteiger partial charge in [-0.1, -0.05) is 60.8 Å². The second-order valence-electron chi connectivity index (χ2n) is 5.84. The van der Waals surface area contributed by atoms with E-state index >= 15 is 0 Å². The number of aromatic nitrogens is 3. The van der Waals surface area contributed by atoms with Crippen LogP contribution < -0.4 is 5.32 Å². The van der Waals surface area contributed by atoms with Crippen molar-refractivity contribution in [3.8, 4) is 11.4 Å². The highest BCUT2D eigenvalue weighted by Crippen LogP contribution is 2.37. The molecule has 5 nitrogen and oxygen atoms in total. The summed E-state index contributed by atoms with van der Waals surface area (Å²) in [5.74, 6) is -0.0751. The van der Waals surface area contributed by atoms with Gasteiger partial charge >= 0.3 is 6.18 Å². The fourth-order valence-electron chi connectivity index (χ4n) is 2.41. The van der Waals surface area contributed by atoms with Crippen molar-refractivity contribution in [1.29, 1.82) is 0 Å². The van der Waals surface area contributed by atoms with Gasteiger partial charge < -0.3 is 10.2 Å². The number of nitrogens with one attached hydrogen (secondary N) is 1. The van der Waals surface area contributed by atoms with Crippen molar-refractivity contribution in [1.82, 2.24) is 19.9 Å². The lowest BCUT2D eigenvalue weighted by Gasteiger charge is -2.18. The number of likely N-dealkylation sites (N-methyl/N-ethyl adjacent to an activating group) is 1. The van der Waals surface area contributed by atoms with Crippen molar-refractivity contribution >= 4 is 40.8 Å². The molecule has 0 aliphatic carbocycles. The summed E-state index contributed by atoms with van der Waals surface area (Å²) in [6.07, 6.45) is -4.49. The van der Waals surface area contributed by atoms with Gasteiger partial charge in [0.25, 0.3) is 0 Å². The maximum Gasteiger partial charge on any atom is 0.416 e. The molecule has 1 aromatic carbocycles. The number of hydrogen-bond acceptors (Lipinski definition) is 5. The van der Waals surface area contributed by atoms with Crippen LogP contribution in [0.1, 0.15) is 25.2 Å². The van der Waals surface area contributed by atoms with Gasteiger partial charge in [-0.05, 0) is 25.2 Å². The Morgan fingerprint density at radius 2 is 1.71 bits per heavy atom. The molecule has 0 saturated carbocycles. The first-order chi connectivity index (χ1) is 13.0. The van der Waals surface area contributed by atoms with Crippen LogP contribution in [0.25, 0.3) is 11.4 Å². The maximum absolute atomic E-state index is 13.0. The Balaban J connectivity index is 2.36. The van der Waals surface area contributed by atoms with Crippen LogP contribution in [-0.4, -0.2) is 46.0 Å². The lowest BCUT2D eigenvalue weighted by Crippen LogP contribution is -2.29. The molecule has 0 unspecified atom stereocenters. The molecule has 28 heavy (non-hydrogen) atoms. The molecule has 0 aliphatic heterocycles. The van der Waals surface area contributed by atoms with Crippen LogP contribution in [0.2, 0.25) is 0 Å². The second kappa shape index (κ2) is 9.43. The number of benzene rings is 1. The third kappa shape index (κ3) is 6.34. The SMILES string of the molecule is CCN(CC)CCNc1nc(-c2cccc(C(F)(F)F)c2)nc(C(Cl)(Cl)Cl)n1. The van der Waals surface area contributed by atoms with Gasteiger partial charge in [-0.25, -0.2) is 4.98 Å². The highest BCUT2D eigenvalue weighted by Gasteiger charge is 2.32. The average Bonchev–Trinajstić information content (AvgIpc) is 2.64. The largest absolute Gasteiger partial charge is 0.416 e. The molecule has 0 amide bonds. The van der Waals surface area contributed by atoms with E-state index in [1.807, 2.05) is 13.8 Å². The zero-order valence-corrected chi connectivity index (χ0v) is 17.5. The Hall–Kier alpha value is -1.35. The first-order valence-electron chi connectivity index (χ1n) is 8.51. The van der Waals surface area contributed by atoms with E-state index in [4.69, 9.17) is 34.8 Å². The molecule has 0 bridgehead atoms. The lowest BCUT2D eigenvalue weighted by molar-refractivity contribution is -0.137. The highest BCUT2D eigenvalue weighted by atomic mass is 35.6. The highest BCUT2D eigenvalue weighted by molar-refractivity contribution is 6.66. The van der Waals surface area contributed by atoms with Gasteiger partial charge in [-0.2, -0.15) is 23.1 Å². The maximum atomic E-state index is 13.0. The molecule has 2 rings (SSSR count). The van der Waals surface area contributed by atoms with Crippen molar-refractivity contribution in [3.05, 3.63) is 35.7 Å². The van der Waals surface area contributed by atoms with Gasteiger partial charge in [0.1, 0.15) is 0 Å². The number of nitrogens with zero attached hydrogens (tertiary/aromatic N) is 4. The summed E-state index contributed by atoms with van der Waals surface area (Å²) in [6, 6.07) is 4.62. The third-order valence-corrected chi connectivity index (χ3v) is 4.45. The van der Waals surface area contributed by atoms with E-state index in [1.165, 1.54) is 12.1 Å². The molecule has 0 aliphatic rings. The second-order valence-corrected chi connectivity index (χ2v) is 8.12. The third-order valence-electron chi connectivity index (χ3n) is 3.94. The van der Waals surface area contributed by atoms with Crippen LogP contribution in [-0.2, 0) is 9.97 Å². The van der Waals surface area contributed by atoms with Gasteiger partial charge in [-0.3, -0.25) is 0 Å². The van der Waals surface area contributed by atoms with E-state index in [0.717, 1.165) is 31.8 Å². The smallest absolute Gasteiger partial charge is 0.353 e. The fraction of sp³-hybridized carbons (Fsp3) is 0.471.